The van der Waals surface area contributed by atoms with Gasteiger partial charge < -0.3 is 4.90 Å². The number of likely N-dealkylation sites (tertiary alicyclic amines) is 1. The van der Waals surface area contributed by atoms with E-state index >= 15 is 0 Å². The number of nitrogens with zero attached hydrogens (tertiary/aromatic N) is 1. The van der Waals surface area contributed by atoms with E-state index in [0.717, 1.165) is 32.0 Å². The molecule has 0 saturated carbocycles. The van der Waals surface area contributed by atoms with Crippen molar-refractivity contribution in [1.29, 1.82) is 0 Å². The van der Waals surface area contributed by atoms with Gasteiger partial charge in [-0.15, -0.1) is 0 Å². The Labute approximate surface area is 132 Å². The van der Waals surface area contributed by atoms with Gasteiger partial charge in [-0.05, 0) is 56.5 Å². The van der Waals surface area contributed by atoms with Gasteiger partial charge in [0.25, 0.3) is 0 Å². The van der Waals surface area contributed by atoms with Crippen LogP contribution in [0.15, 0.2) is 29.2 Å². The van der Waals surface area contributed by atoms with Gasteiger partial charge in [0.2, 0.25) is 10.0 Å². The van der Waals surface area contributed by atoms with Crippen molar-refractivity contribution >= 4 is 21.6 Å². The van der Waals surface area contributed by atoms with E-state index in [2.05, 4.69) is 16.5 Å². The van der Waals surface area contributed by atoms with E-state index in [4.69, 9.17) is 11.6 Å². The molecule has 1 saturated heterocycles. The summed E-state index contributed by atoms with van der Waals surface area (Å²) < 4.78 is 26.8. The van der Waals surface area contributed by atoms with Crippen LogP contribution in [-0.4, -0.2) is 39.5 Å². The van der Waals surface area contributed by atoms with Crippen molar-refractivity contribution in [3.8, 4) is 0 Å². The third-order valence-corrected chi connectivity index (χ3v) is 5.48. The lowest BCUT2D eigenvalue weighted by molar-refractivity contribution is 0.182. The molecule has 1 atom stereocenters. The van der Waals surface area contributed by atoms with E-state index in [1.54, 1.807) is 18.2 Å². The molecule has 1 aliphatic rings. The van der Waals surface area contributed by atoms with E-state index in [-0.39, 0.29) is 4.90 Å². The van der Waals surface area contributed by atoms with Crippen LogP contribution in [-0.2, 0) is 10.0 Å². The third-order valence-electron chi connectivity index (χ3n) is 3.79. The smallest absolute Gasteiger partial charge is 0.240 e. The Morgan fingerprint density at radius 1 is 1.43 bits per heavy atom. The number of halogens is 1. The number of nitrogens with one attached hydrogen (secondary N) is 1. The minimum Gasteiger partial charge on any atom is -0.303 e. The van der Waals surface area contributed by atoms with E-state index in [1.165, 1.54) is 18.9 Å². The van der Waals surface area contributed by atoms with Crippen LogP contribution < -0.4 is 4.72 Å². The standard InChI is InChI=1S/C15H23ClN2O2S/c1-13-5-3-9-18(12-13)10-4-8-17-21(19,20)15-7-2-6-14(16)11-15/h2,6-7,11,13,17H,3-5,8-10,12H2,1H3/t13-/m1/s1. The summed E-state index contributed by atoms with van der Waals surface area (Å²) >= 11 is 5.83. The summed E-state index contributed by atoms with van der Waals surface area (Å²) in [6.45, 7) is 5.93. The maximum atomic E-state index is 12.1. The second-order valence-corrected chi connectivity index (χ2v) is 7.96. The molecule has 2 rings (SSSR count). The normalized spacial score (nSPS) is 20.6. The maximum Gasteiger partial charge on any atom is 0.240 e. The van der Waals surface area contributed by atoms with Gasteiger partial charge in [0.15, 0.2) is 0 Å². The van der Waals surface area contributed by atoms with Gasteiger partial charge in [0, 0.05) is 18.1 Å². The van der Waals surface area contributed by atoms with Crippen LogP contribution in [0.5, 0.6) is 0 Å². The van der Waals surface area contributed by atoms with Crippen molar-refractivity contribution in [2.45, 2.75) is 31.1 Å². The lowest BCUT2D eigenvalue weighted by Gasteiger charge is -2.30. The lowest BCUT2D eigenvalue weighted by atomic mass is 10.0. The van der Waals surface area contributed by atoms with Crippen LogP contribution in [0, 0.1) is 5.92 Å². The third kappa shape index (κ3) is 5.25. The average molecular weight is 331 g/mol. The largest absolute Gasteiger partial charge is 0.303 e. The topological polar surface area (TPSA) is 49.4 Å². The molecule has 0 unspecified atom stereocenters. The van der Waals surface area contributed by atoms with Crippen LogP contribution >= 0.6 is 11.6 Å². The number of benzene rings is 1. The molecule has 1 aromatic rings. The summed E-state index contributed by atoms with van der Waals surface area (Å²) in [5.74, 6) is 0.752. The van der Waals surface area contributed by atoms with E-state index < -0.39 is 10.0 Å². The number of hydrogen-bond acceptors (Lipinski definition) is 3. The first-order valence-corrected chi connectivity index (χ1v) is 9.31. The zero-order valence-corrected chi connectivity index (χ0v) is 14.0. The van der Waals surface area contributed by atoms with Crippen LogP contribution in [0.4, 0.5) is 0 Å². The molecule has 0 aromatic heterocycles. The molecule has 4 nitrogen and oxygen atoms in total. The van der Waals surface area contributed by atoms with Crippen LogP contribution in [0.25, 0.3) is 0 Å². The van der Waals surface area contributed by atoms with Crippen molar-refractivity contribution in [2.24, 2.45) is 5.92 Å². The van der Waals surface area contributed by atoms with Crippen molar-refractivity contribution in [3.05, 3.63) is 29.3 Å². The summed E-state index contributed by atoms with van der Waals surface area (Å²) in [4.78, 5) is 2.64. The lowest BCUT2D eigenvalue weighted by Crippen LogP contribution is -2.36. The zero-order valence-electron chi connectivity index (χ0n) is 12.4. The highest BCUT2D eigenvalue weighted by atomic mass is 35.5. The fourth-order valence-electron chi connectivity index (χ4n) is 2.72. The average Bonchev–Trinajstić information content (AvgIpc) is 2.44. The summed E-state index contributed by atoms with van der Waals surface area (Å²) in [6.07, 6.45) is 3.37. The minimum absolute atomic E-state index is 0.224. The highest BCUT2D eigenvalue weighted by Gasteiger charge is 2.17. The molecule has 0 aliphatic carbocycles. The van der Waals surface area contributed by atoms with Crippen molar-refractivity contribution < 1.29 is 8.42 Å². The minimum atomic E-state index is -3.45. The van der Waals surface area contributed by atoms with E-state index in [0.29, 0.717) is 11.6 Å². The van der Waals surface area contributed by atoms with E-state index in [1.807, 2.05) is 0 Å². The predicted octanol–water partition coefficient (Wildman–Crippen LogP) is 2.74. The van der Waals surface area contributed by atoms with Gasteiger partial charge in [-0.25, -0.2) is 13.1 Å². The molecule has 1 aliphatic heterocycles. The Morgan fingerprint density at radius 3 is 2.95 bits per heavy atom. The fourth-order valence-corrected chi connectivity index (χ4v) is 4.09. The summed E-state index contributed by atoms with van der Waals surface area (Å²) in [6, 6.07) is 6.33. The van der Waals surface area contributed by atoms with Gasteiger partial charge >= 0.3 is 0 Å². The number of rotatable bonds is 6. The Bertz CT molecular complexity index is 563. The SMILES string of the molecule is C[C@@H]1CCCN(CCCNS(=O)(=O)c2cccc(Cl)c2)C1. The molecule has 21 heavy (non-hydrogen) atoms. The first-order chi connectivity index (χ1) is 9.97. The van der Waals surface area contributed by atoms with E-state index in [9.17, 15) is 8.42 Å². The molecule has 0 radical (unpaired) electrons. The molecular weight excluding hydrogens is 308 g/mol. The fraction of sp³-hybridized carbons (Fsp3) is 0.600. The Kier molecular flexibility index (Phi) is 6.05. The Balaban J connectivity index is 1.77. The summed E-state index contributed by atoms with van der Waals surface area (Å²) in [7, 11) is -3.45. The molecule has 1 heterocycles. The highest BCUT2D eigenvalue weighted by molar-refractivity contribution is 7.89. The summed E-state index contributed by atoms with van der Waals surface area (Å²) in [5, 5.41) is 0.431. The molecule has 118 valence electrons. The monoisotopic (exact) mass is 330 g/mol. The number of sulfonamides is 1. The van der Waals surface area contributed by atoms with Gasteiger partial charge in [0.1, 0.15) is 0 Å². The molecule has 0 spiro atoms. The Hall–Kier alpha value is -0.620. The highest BCUT2D eigenvalue weighted by Crippen LogP contribution is 2.16. The maximum absolute atomic E-state index is 12.1. The molecule has 6 heteroatoms. The van der Waals surface area contributed by atoms with Gasteiger partial charge in [-0.2, -0.15) is 0 Å². The van der Waals surface area contributed by atoms with Gasteiger partial charge in [-0.1, -0.05) is 24.6 Å². The van der Waals surface area contributed by atoms with Crippen molar-refractivity contribution in [2.75, 3.05) is 26.2 Å². The van der Waals surface area contributed by atoms with Crippen LogP contribution in [0.1, 0.15) is 26.2 Å². The quantitative estimate of drug-likeness (QED) is 0.816. The van der Waals surface area contributed by atoms with Crippen molar-refractivity contribution in [3.63, 3.8) is 0 Å². The van der Waals surface area contributed by atoms with Gasteiger partial charge in [0.05, 0.1) is 4.90 Å². The molecule has 1 N–H and O–H groups in total. The number of piperidine rings is 1. The molecular formula is C15H23ClN2O2S. The Morgan fingerprint density at radius 2 is 2.24 bits per heavy atom. The first-order valence-electron chi connectivity index (χ1n) is 7.45. The number of hydrogen-bond donors (Lipinski definition) is 1. The molecule has 1 fully saturated rings. The zero-order chi connectivity index (χ0) is 15.3. The van der Waals surface area contributed by atoms with Crippen LogP contribution in [0.2, 0.25) is 5.02 Å². The first kappa shape index (κ1) is 16.7. The second-order valence-electron chi connectivity index (χ2n) is 5.76. The molecule has 1 aromatic carbocycles. The summed E-state index contributed by atoms with van der Waals surface area (Å²) in [5.41, 5.74) is 0. The predicted molar refractivity (Wildman–Crippen MR) is 86.1 cm³/mol. The van der Waals surface area contributed by atoms with Gasteiger partial charge in [-0.3, -0.25) is 0 Å². The molecule has 0 bridgehead atoms. The second kappa shape index (κ2) is 7.58. The van der Waals surface area contributed by atoms with Crippen molar-refractivity contribution in [1.82, 2.24) is 9.62 Å². The van der Waals surface area contributed by atoms with Crippen LogP contribution in [0.3, 0.4) is 0 Å². The molecule has 0 amide bonds.